The van der Waals surface area contributed by atoms with Gasteiger partial charge in [-0.3, -0.25) is 9.59 Å². The number of ether oxygens (including phenoxy) is 3. The molecule has 1 aliphatic heterocycles. The first-order valence-corrected chi connectivity index (χ1v) is 9.54. The Kier molecular flexibility index (Phi) is 5.58. The zero-order valence-corrected chi connectivity index (χ0v) is 16.8. The first-order chi connectivity index (χ1) is 14.6. The minimum Gasteiger partial charge on any atom is -0.493 e. The molecule has 8 heteroatoms. The third-order valence-corrected chi connectivity index (χ3v) is 4.97. The number of hydrogen-bond acceptors (Lipinski definition) is 6. The number of anilines is 1. The van der Waals surface area contributed by atoms with E-state index in [1.807, 2.05) is 12.1 Å². The summed E-state index contributed by atoms with van der Waals surface area (Å²) in [6.07, 6.45) is 0. The third-order valence-electron chi connectivity index (χ3n) is 4.97. The van der Waals surface area contributed by atoms with Gasteiger partial charge in [0, 0.05) is 24.0 Å². The van der Waals surface area contributed by atoms with Crippen molar-refractivity contribution in [3.63, 3.8) is 0 Å². The molecule has 8 nitrogen and oxygen atoms in total. The molecule has 2 amide bonds. The zero-order chi connectivity index (χ0) is 21.1. The molecule has 0 radical (unpaired) electrons. The molecule has 0 aliphatic carbocycles. The van der Waals surface area contributed by atoms with Gasteiger partial charge in [-0.2, -0.15) is 0 Å². The third kappa shape index (κ3) is 3.69. The van der Waals surface area contributed by atoms with E-state index in [0.29, 0.717) is 60.0 Å². The fraction of sp³-hybridized carbons (Fsp3) is 0.273. The molecule has 0 atom stereocenters. The Morgan fingerprint density at radius 3 is 2.47 bits per heavy atom. The van der Waals surface area contributed by atoms with Crippen LogP contribution in [0.5, 0.6) is 11.5 Å². The second kappa shape index (κ2) is 8.46. The molecule has 3 aromatic rings. The van der Waals surface area contributed by atoms with E-state index in [4.69, 9.17) is 18.6 Å². The number of carbonyl (C=O) groups excluding carboxylic acids is 2. The Morgan fingerprint density at radius 2 is 1.73 bits per heavy atom. The van der Waals surface area contributed by atoms with Crippen molar-refractivity contribution in [2.75, 3.05) is 45.8 Å². The van der Waals surface area contributed by atoms with Crippen molar-refractivity contribution < 1.29 is 28.2 Å². The van der Waals surface area contributed by atoms with E-state index in [2.05, 4.69) is 5.32 Å². The number of fused-ring (bicyclic) bond motifs is 1. The van der Waals surface area contributed by atoms with Crippen molar-refractivity contribution in [1.82, 2.24) is 4.90 Å². The van der Waals surface area contributed by atoms with E-state index in [9.17, 15) is 9.59 Å². The number of nitrogens with zero attached hydrogens (tertiary/aromatic N) is 1. The molecular formula is C22H22N2O6. The molecule has 0 bridgehead atoms. The zero-order valence-electron chi connectivity index (χ0n) is 16.8. The van der Waals surface area contributed by atoms with Gasteiger partial charge in [-0.1, -0.05) is 12.1 Å². The lowest BCUT2D eigenvalue weighted by Gasteiger charge is -2.26. The summed E-state index contributed by atoms with van der Waals surface area (Å²) in [5.41, 5.74) is 1.24. The van der Waals surface area contributed by atoms with E-state index in [0.717, 1.165) is 0 Å². The number of furan rings is 1. The van der Waals surface area contributed by atoms with Crippen LogP contribution in [-0.2, 0) is 4.74 Å². The van der Waals surface area contributed by atoms with Gasteiger partial charge in [0.15, 0.2) is 11.5 Å². The van der Waals surface area contributed by atoms with Gasteiger partial charge in [-0.15, -0.1) is 0 Å². The maximum absolute atomic E-state index is 13.1. The molecule has 0 unspecified atom stereocenters. The predicted molar refractivity (Wildman–Crippen MR) is 110 cm³/mol. The van der Waals surface area contributed by atoms with Crippen LogP contribution in [0.15, 0.2) is 46.9 Å². The standard InChI is InChI=1S/C22H22N2O6/c1-27-17-8-7-14(13-18(17)28-2)21(25)23-19-15-5-3-4-6-16(15)30-20(19)22(26)24-9-11-29-12-10-24/h3-8,13H,9-12H2,1-2H3,(H,23,25). The van der Waals surface area contributed by atoms with E-state index < -0.39 is 5.91 Å². The molecule has 1 aliphatic rings. The smallest absolute Gasteiger partial charge is 0.291 e. The van der Waals surface area contributed by atoms with Crippen LogP contribution in [0.2, 0.25) is 0 Å². The van der Waals surface area contributed by atoms with E-state index >= 15 is 0 Å². The normalized spacial score (nSPS) is 13.9. The number of para-hydroxylation sites is 1. The van der Waals surface area contributed by atoms with Crippen LogP contribution >= 0.6 is 0 Å². The fourth-order valence-corrected chi connectivity index (χ4v) is 3.39. The highest BCUT2D eigenvalue weighted by atomic mass is 16.5. The number of hydrogen-bond donors (Lipinski definition) is 1. The molecule has 30 heavy (non-hydrogen) atoms. The average molecular weight is 410 g/mol. The number of carbonyl (C=O) groups is 2. The van der Waals surface area contributed by atoms with Gasteiger partial charge in [-0.05, 0) is 30.3 Å². The molecule has 2 heterocycles. The van der Waals surface area contributed by atoms with Crippen LogP contribution in [0.25, 0.3) is 11.0 Å². The average Bonchev–Trinajstić information content (AvgIpc) is 3.16. The first-order valence-electron chi connectivity index (χ1n) is 9.54. The summed E-state index contributed by atoms with van der Waals surface area (Å²) in [5.74, 6) is 0.389. The highest BCUT2D eigenvalue weighted by molar-refractivity contribution is 6.14. The first kappa shape index (κ1) is 19.8. The van der Waals surface area contributed by atoms with Gasteiger partial charge in [0.1, 0.15) is 11.3 Å². The molecule has 1 saturated heterocycles. The van der Waals surface area contributed by atoms with Crippen molar-refractivity contribution in [3.8, 4) is 11.5 Å². The van der Waals surface area contributed by atoms with Crippen LogP contribution < -0.4 is 14.8 Å². The predicted octanol–water partition coefficient (Wildman–Crippen LogP) is 3.17. The Hall–Kier alpha value is -3.52. The monoisotopic (exact) mass is 410 g/mol. The SMILES string of the molecule is COc1ccc(C(=O)Nc2c(C(=O)N3CCOCC3)oc3ccccc23)cc1OC. The maximum Gasteiger partial charge on any atom is 0.291 e. The molecule has 4 rings (SSSR count). The summed E-state index contributed by atoms with van der Waals surface area (Å²) in [6.45, 7) is 1.89. The summed E-state index contributed by atoms with van der Waals surface area (Å²) in [6, 6.07) is 12.1. The molecule has 1 aromatic heterocycles. The Labute approximate surface area is 173 Å². The van der Waals surface area contributed by atoms with Crippen molar-refractivity contribution >= 4 is 28.5 Å². The molecule has 1 N–H and O–H groups in total. The molecular weight excluding hydrogens is 388 g/mol. The van der Waals surface area contributed by atoms with E-state index in [1.165, 1.54) is 14.2 Å². The van der Waals surface area contributed by atoms with Crippen molar-refractivity contribution in [1.29, 1.82) is 0 Å². The van der Waals surface area contributed by atoms with Gasteiger partial charge in [0.05, 0.1) is 27.4 Å². The van der Waals surface area contributed by atoms with Crippen LogP contribution in [0, 0.1) is 0 Å². The Bertz CT molecular complexity index is 1080. The second-order valence-corrected chi connectivity index (χ2v) is 6.73. The molecule has 0 saturated carbocycles. The largest absolute Gasteiger partial charge is 0.493 e. The Balaban J connectivity index is 1.69. The number of benzene rings is 2. The topological polar surface area (TPSA) is 90.2 Å². The van der Waals surface area contributed by atoms with Gasteiger partial charge in [-0.25, -0.2) is 0 Å². The summed E-state index contributed by atoms with van der Waals surface area (Å²) in [5, 5.41) is 3.51. The number of nitrogens with one attached hydrogen (secondary N) is 1. The highest BCUT2D eigenvalue weighted by Crippen LogP contribution is 2.33. The van der Waals surface area contributed by atoms with Gasteiger partial charge >= 0.3 is 0 Å². The fourth-order valence-electron chi connectivity index (χ4n) is 3.39. The summed E-state index contributed by atoms with van der Waals surface area (Å²) in [7, 11) is 3.03. The lowest BCUT2D eigenvalue weighted by molar-refractivity contribution is 0.0285. The minimum atomic E-state index is -0.390. The van der Waals surface area contributed by atoms with E-state index in [1.54, 1.807) is 35.2 Å². The molecule has 1 fully saturated rings. The lowest BCUT2D eigenvalue weighted by atomic mass is 10.1. The molecule has 2 aromatic carbocycles. The van der Waals surface area contributed by atoms with Gasteiger partial charge in [0.25, 0.3) is 11.8 Å². The van der Waals surface area contributed by atoms with Crippen molar-refractivity contribution in [2.45, 2.75) is 0 Å². The lowest BCUT2D eigenvalue weighted by Crippen LogP contribution is -2.40. The summed E-state index contributed by atoms with van der Waals surface area (Å²) < 4.78 is 21.7. The van der Waals surface area contributed by atoms with Crippen LogP contribution in [-0.4, -0.2) is 57.2 Å². The summed E-state index contributed by atoms with van der Waals surface area (Å²) in [4.78, 5) is 27.7. The Morgan fingerprint density at radius 1 is 1.00 bits per heavy atom. The van der Waals surface area contributed by atoms with E-state index in [-0.39, 0.29) is 11.7 Å². The number of rotatable bonds is 5. The van der Waals surface area contributed by atoms with Gasteiger partial charge < -0.3 is 28.8 Å². The van der Waals surface area contributed by atoms with Crippen molar-refractivity contribution in [2.24, 2.45) is 0 Å². The molecule has 156 valence electrons. The number of morpholine rings is 1. The minimum absolute atomic E-state index is 0.104. The highest BCUT2D eigenvalue weighted by Gasteiger charge is 2.28. The van der Waals surface area contributed by atoms with Crippen LogP contribution in [0.4, 0.5) is 5.69 Å². The van der Waals surface area contributed by atoms with Crippen LogP contribution in [0.3, 0.4) is 0 Å². The summed E-state index contributed by atoms with van der Waals surface area (Å²) >= 11 is 0. The van der Waals surface area contributed by atoms with Crippen molar-refractivity contribution in [3.05, 3.63) is 53.8 Å². The number of amides is 2. The number of methoxy groups -OCH3 is 2. The maximum atomic E-state index is 13.1. The van der Waals surface area contributed by atoms with Crippen LogP contribution in [0.1, 0.15) is 20.9 Å². The second-order valence-electron chi connectivity index (χ2n) is 6.73. The molecule has 0 spiro atoms. The quantitative estimate of drug-likeness (QED) is 0.695. The van der Waals surface area contributed by atoms with Gasteiger partial charge in [0.2, 0.25) is 5.76 Å².